The van der Waals surface area contributed by atoms with Crippen molar-refractivity contribution < 1.29 is 9.53 Å². The van der Waals surface area contributed by atoms with Crippen LogP contribution in [0.25, 0.3) is 0 Å². The highest BCUT2D eigenvalue weighted by Crippen LogP contribution is 2.20. The van der Waals surface area contributed by atoms with Gasteiger partial charge in [0.1, 0.15) is 5.75 Å². The van der Waals surface area contributed by atoms with Crippen LogP contribution in [0.2, 0.25) is 0 Å². The fourth-order valence-corrected chi connectivity index (χ4v) is 2.22. The maximum Gasteiger partial charge on any atom is 0.265 e. The number of aryl methyl sites for hydroxylation is 2. The summed E-state index contributed by atoms with van der Waals surface area (Å²) in [7, 11) is 0. The molecule has 2 aromatic rings. The van der Waals surface area contributed by atoms with Crippen molar-refractivity contribution in [3.8, 4) is 5.75 Å². The average molecular weight is 348 g/mol. The van der Waals surface area contributed by atoms with E-state index in [0.29, 0.717) is 0 Å². The highest BCUT2D eigenvalue weighted by atomic mass is 79.9. The van der Waals surface area contributed by atoms with Gasteiger partial charge in [0.25, 0.3) is 5.91 Å². The standard InChI is InChI=1S/C17H18BrNO2/c1-11-4-9-16(12(2)10-11)21-13(3)17(20)19-15-7-5-14(18)6-8-15/h4-10,13H,1-3H3,(H,19,20)/t13-/m0/s1. The number of hydrogen-bond acceptors (Lipinski definition) is 2. The molecule has 0 aromatic heterocycles. The molecule has 2 aromatic carbocycles. The van der Waals surface area contributed by atoms with Gasteiger partial charge in [0.15, 0.2) is 6.10 Å². The second-order valence-corrected chi connectivity index (χ2v) is 5.94. The van der Waals surface area contributed by atoms with E-state index in [9.17, 15) is 4.79 Å². The molecule has 21 heavy (non-hydrogen) atoms. The summed E-state index contributed by atoms with van der Waals surface area (Å²) in [6, 6.07) is 13.3. The van der Waals surface area contributed by atoms with Crippen LogP contribution in [-0.4, -0.2) is 12.0 Å². The molecule has 0 radical (unpaired) electrons. The molecular formula is C17H18BrNO2. The first-order valence-corrected chi connectivity index (χ1v) is 7.55. The zero-order chi connectivity index (χ0) is 15.4. The summed E-state index contributed by atoms with van der Waals surface area (Å²) in [5.41, 5.74) is 2.95. The first kappa shape index (κ1) is 15.6. The van der Waals surface area contributed by atoms with Gasteiger partial charge >= 0.3 is 0 Å². The second-order valence-electron chi connectivity index (χ2n) is 5.03. The fraction of sp³-hybridized carbons (Fsp3) is 0.235. The van der Waals surface area contributed by atoms with Gasteiger partial charge in [-0.15, -0.1) is 0 Å². The molecule has 1 N–H and O–H groups in total. The second kappa shape index (κ2) is 6.76. The molecule has 3 nitrogen and oxygen atoms in total. The van der Waals surface area contributed by atoms with Crippen LogP contribution in [0, 0.1) is 13.8 Å². The third kappa shape index (κ3) is 4.33. The maximum atomic E-state index is 12.1. The average Bonchev–Trinajstić information content (AvgIpc) is 2.44. The minimum atomic E-state index is -0.560. The van der Waals surface area contributed by atoms with Gasteiger partial charge in [-0.3, -0.25) is 4.79 Å². The van der Waals surface area contributed by atoms with E-state index in [1.807, 2.05) is 56.3 Å². The van der Waals surface area contributed by atoms with Gasteiger partial charge in [-0.2, -0.15) is 0 Å². The summed E-state index contributed by atoms with van der Waals surface area (Å²) >= 11 is 3.36. The lowest BCUT2D eigenvalue weighted by Crippen LogP contribution is -2.30. The van der Waals surface area contributed by atoms with Crippen LogP contribution in [0.15, 0.2) is 46.9 Å². The first-order valence-electron chi connectivity index (χ1n) is 6.76. The summed E-state index contributed by atoms with van der Waals surface area (Å²) in [5, 5.41) is 2.84. The molecule has 4 heteroatoms. The molecule has 0 aliphatic rings. The predicted octanol–water partition coefficient (Wildman–Crippen LogP) is 4.47. The van der Waals surface area contributed by atoms with E-state index in [0.717, 1.165) is 21.5 Å². The Kier molecular flexibility index (Phi) is 5.02. The Labute approximate surface area is 133 Å². The monoisotopic (exact) mass is 347 g/mol. The lowest BCUT2D eigenvalue weighted by Gasteiger charge is -2.16. The van der Waals surface area contributed by atoms with Crippen LogP contribution < -0.4 is 10.1 Å². The third-order valence-corrected chi connectivity index (χ3v) is 3.64. The molecule has 0 aliphatic carbocycles. The van der Waals surface area contributed by atoms with Crippen molar-refractivity contribution in [3.63, 3.8) is 0 Å². The van der Waals surface area contributed by atoms with Gasteiger partial charge in [0.2, 0.25) is 0 Å². The van der Waals surface area contributed by atoms with Crippen molar-refractivity contribution in [1.82, 2.24) is 0 Å². The molecule has 0 saturated carbocycles. The van der Waals surface area contributed by atoms with Crippen LogP contribution in [0.3, 0.4) is 0 Å². The van der Waals surface area contributed by atoms with Crippen molar-refractivity contribution in [2.24, 2.45) is 0 Å². The molecule has 0 bridgehead atoms. The van der Waals surface area contributed by atoms with Crippen molar-refractivity contribution in [3.05, 3.63) is 58.1 Å². The highest BCUT2D eigenvalue weighted by Gasteiger charge is 2.15. The maximum absolute atomic E-state index is 12.1. The Morgan fingerprint density at radius 1 is 1.14 bits per heavy atom. The minimum Gasteiger partial charge on any atom is -0.481 e. The molecule has 2 rings (SSSR count). The van der Waals surface area contributed by atoms with Crippen molar-refractivity contribution >= 4 is 27.5 Å². The molecule has 110 valence electrons. The van der Waals surface area contributed by atoms with Crippen LogP contribution in [0.4, 0.5) is 5.69 Å². The van der Waals surface area contributed by atoms with Crippen molar-refractivity contribution in [2.75, 3.05) is 5.32 Å². The van der Waals surface area contributed by atoms with Gasteiger partial charge in [-0.1, -0.05) is 33.6 Å². The van der Waals surface area contributed by atoms with E-state index in [2.05, 4.69) is 21.2 Å². The SMILES string of the molecule is Cc1ccc(O[C@@H](C)C(=O)Nc2ccc(Br)cc2)c(C)c1. The topological polar surface area (TPSA) is 38.3 Å². The summed E-state index contributed by atoms with van der Waals surface area (Å²) in [6.45, 7) is 5.75. The Morgan fingerprint density at radius 3 is 2.43 bits per heavy atom. The van der Waals surface area contributed by atoms with E-state index in [4.69, 9.17) is 4.74 Å². The van der Waals surface area contributed by atoms with Gasteiger partial charge < -0.3 is 10.1 Å². The van der Waals surface area contributed by atoms with Crippen LogP contribution >= 0.6 is 15.9 Å². The number of ether oxygens (including phenoxy) is 1. The molecule has 0 spiro atoms. The Morgan fingerprint density at radius 2 is 1.81 bits per heavy atom. The molecule has 1 atom stereocenters. The molecule has 1 amide bonds. The van der Waals surface area contributed by atoms with E-state index >= 15 is 0 Å². The summed E-state index contributed by atoms with van der Waals surface area (Å²) in [4.78, 5) is 12.1. The predicted molar refractivity (Wildman–Crippen MR) is 88.8 cm³/mol. The van der Waals surface area contributed by atoms with E-state index in [1.165, 1.54) is 5.56 Å². The zero-order valence-corrected chi connectivity index (χ0v) is 13.9. The summed E-state index contributed by atoms with van der Waals surface area (Å²) in [5.74, 6) is 0.566. The number of carbonyl (C=O) groups excluding carboxylic acids is 1. The minimum absolute atomic E-state index is 0.169. The number of amides is 1. The van der Waals surface area contributed by atoms with Crippen LogP contribution in [0.5, 0.6) is 5.75 Å². The molecule has 0 heterocycles. The Hall–Kier alpha value is -1.81. The number of hydrogen-bond donors (Lipinski definition) is 1. The molecule has 0 unspecified atom stereocenters. The molecule has 0 aliphatic heterocycles. The van der Waals surface area contributed by atoms with Gasteiger partial charge in [-0.25, -0.2) is 0 Å². The molecule has 0 fully saturated rings. The van der Waals surface area contributed by atoms with E-state index in [1.54, 1.807) is 6.92 Å². The number of benzene rings is 2. The Balaban J connectivity index is 2.00. The number of anilines is 1. The summed E-state index contributed by atoms with van der Waals surface area (Å²) < 4.78 is 6.71. The largest absolute Gasteiger partial charge is 0.481 e. The van der Waals surface area contributed by atoms with Gasteiger partial charge in [0.05, 0.1) is 0 Å². The lowest BCUT2D eigenvalue weighted by atomic mass is 10.1. The molecule has 0 saturated heterocycles. The van der Waals surface area contributed by atoms with Gasteiger partial charge in [-0.05, 0) is 56.7 Å². The van der Waals surface area contributed by atoms with Crippen molar-refractivity contribution in [2.45, 2.75) is 26.9 Å². The lowest BCUT2D eigenvalue weighted by molar-refractivity contribution is -0.122. The van der Waals surface area contributed by atoms with Crippen LogP contribution in [-0.2, 0) is 4.79 Å². The number of nitrogens with one attached hydrogen (secondary N) is 1. The van der Waals surface area contributed by atoms with Crippen molar-refractivity contribution in [1.29, 1.82) is 0 Å². The smallest absolute Gasteiger partial charge is 0.265 e. The quantitative estimate of drug-likeness (QED) is 0.885. The Bertz CT molecular complexity index is 638. The molecular weight excluding hydrogens is 330 g/mol. The number of rotatable bonds is 4. The normalized spacial score (nSPS) is 11.8. The zero-order valence-electron chi connectivity index (χ0n) is 12.3. The van der Waals surface area contributed by atoms with Gasteiger partial charge in [0, 0.05) is 10.2 Å². The van der Waals surface area contributed by atoms with Crippen LogP contribution in [0.1, 0.15) is 18.1 Å². The number of carbonyl (C=O) groups is 1. The highest BCUT2D eigenvalue weighted by molar-refractivity contribution is 9.10. The van der Waals surface area contributed by atoms with E-state index < -0.39 is 6.10 Å². The van der Waals surface area contributed by atoms with E-state index in [-0.39, 0.29) is 5.91 Å². The fourth-order valence-electron chi connectivity index (χ4n) is 1.95. The first-order chi connectivity index (χ1) is 9.95. The number of halogens is 1. The summed E-state index contributed by atoms with van der Waals surface area (Å²) in [6.07, 6.45) is -0.560. The third-order valence-electron chi connectivity index (χ3n) is 3.12.